The molecular weight excluding hydrogens is 452 g/mol. The van der Waals surface area contributed by atoms with E-state index in [2.05, 4.69) is 0 Å². The van der Waals surface area contributed by atoms with E-state index < -0.39 is 0 Å². The summed E-state index contributed by atoms with van der Waals surface area (Å²) in [6.45, 7) is 4.22. The molecule has 1 aliphatic heterocycles. The van der Waals surface area contributed by atoms with Gasteiger partial charge in [-0.25, -0.2) is 0 Å². The van der Waals surface area contributed by atoms with Crippen molar-refractivity contribution in [2.75, 3.05) is 6.54 Å². The van der Waals surface area contributed by atoms with Gasteiger partial charge in [-0.15, -0.1) is 0 Å². The molecule has 2 amide bonds. The Labute approximate surface area is 210 Å². The third-order valence-corrected chi connectivity index (χ3v) is 6.84. The van der Waals surface area contributed by atoms with Gasteiger partial charge in [0.05, 0.1) is 28.1 Å². The van der Waals surface area contributed by atoms with Gasteiger partial charge in [-0.1, -0.05) is 62.4 Å². The number of hydrogen-bond acceptors (Lipinski definition) is 5. The molecule has 3 aromatic rings. The quantitative estimate of drug-likeness (QED) is 0.268. The lowest BCUT2D eigenvalue weighted by Gasteiger charge is -2.31. The van der Waals surface area contributed by atoms with Crippen molar-refractivity contribution < 1.29 is 19.5 Å². The topological polar surface area (TPSA) is 87.0 Å². The van der Waals surface area contributed by atoms with E-state index in [4.69, 9.17) is 4.99 Å². The molecule has 0 aromatic heterocycles. The third-order valence-electron chi connectivity index (χ3n) is 6.84. The van der Waals surface area contributed by atoms with Gasteiger partial charge >= 0.3 is 0 Å². The molecule has 5 rings (SSSR count). The Morgan fingerprint density at radius 2 is 1.53 bits per heavy atom. The summed E-state index contributed by atoms with van der Waals surface area (Å²) in [5, 5.41) is 13.1. The number of carbonyl (C=O) groups is 3. The van der Waals surface area contributed by atoms with Gasteiger partial charge in [0.1, 0.15) is 5.76 Å². The van der Waals surface area contributed by atoms with Crippen LogP contribution in [0.15, 0.2) is 83.1 Å². The minimum absolute atomic E-state index is 0.0360. The normalized spacial score (nSPS) is 19.8. The van der Waals surface area contributed by atoms with Gasteiger partial charge in [-0.3, -0.25) is 24.3 Å². The van der Waals surface area contributed by atoms with E-state index in [0.717, 1.165) is 16.5 Å². The summed E-state index contributed by atoms with van der Waals surface area (Å²) in [6, 6.07) is 20.6. The van der Waals surface area contributed by atoms with Crippen molar-refractivity contribution in [3.8, 4) is 0 Å². The number of Topliss-reactive ketones (excluding diaryl/α,β-unsaturated/α-hetero) is 1. The van der Waals surface area contributed by atoms with E-state index in [1.165, 1.54) is 4.90 Å². The molecule has 0 unspecified atom stereocenters. The molecule has 0 atom stereocenters. The molecule has 2 aliphatic rings. The number of aliphatic imine (C=N–C) groups is 1. The van der Waals surface area contributed by atoms with Crippen molar-refractivity contribution in [1.29, 1.82) is 0 Å². The van der Waals surface area contributed by atoms with Crippen LogP contribution in [0.2, 0.25) is 0 Å². The lowest BCUT2D eigenvalue weighted by molar-refractivity contribution is -0.117. The van der Waals surface area contributed by atoms with E-state index >= 15 is 0 Å². The molecule has 1 fully saturated rings. The molecule has 6 heteroatoms. The zero-order valence-electron chi connectivity index (χ0n) is 20.5. The van der Waals surface area contributed by atoms with Crippen LogP contribution >= 0.6 is 0 Å². The summed E-state index contributed by atoms with van der Waals surface area (Å²) in [6.07, 6.45) is 1.39. The average Bonchev–Trinajstić information content (AvgIpc) is 3.08. The fourth-order valence-corrected chi connectivity index (χ4v) is 5.13. The summed E-state index contributed by atoms with van der Waals surface area (Å²) in [7, 11) is 0. The SMILES string of the molecule is CC1(C)CC(=O)/C(=C(/O)CCCN2C(=O)c3ccccc3C2=O)C(=Nc2cccc3ccccc23)C1. The van der Waals surface area contributed by atoms with E-state index in [-0.39, 0.29) is 47.3 Å². The molecule has 1 N–H and O–H groups in total. The first-order valence-electron chi connectivity index (χ1n) is 12.2. The lowest BCUT2D eigenvalue weighted by Crippen LogP contribution is -2.33. The Morgan fingerprint density at radius 3 is 2.25 bits per heavy atom. The Morgan fingerprint density at radius 1 is 0.889 bits per heavy atom. The summed E-state index contributed by atoms with van der Waals surface area (Å²) in [4.78, 5) is 44.5. The van der Waals surface area contributed by atoms with Crippen LogP contribution in [0.5, 0.6) is 0 Å². The number of amides is 2. The fraction of sp³-hybridized carbons (Fsp3) is 0.267. The maximum atomic E-state index is 13.2. The molecule has 36 heavy (non-hydrogen) atoms. The van der Waals surface area contributed by atoms with Gasteiger partial charge < -0.3 is 5.11 Å². The summed E-state index contributed by atoms with van der Waals surface area (Å²) in [5.41, 5.74) is 2.13. The highest BCUT2D eigenvalue weighted by molar-refractivity contribution is 6.25. The van der Waals surface area contributed by atoms with Gasteiger partial charge in [-0.05, 0) is 41.8 Å². The molecule has 0 spiro atoms. The number of imide groups is 1. The second kappa shape index (κ2) is 9.19. The Hall–Kier alpha value is -4.06. The standard InChI is InChI=1S/C30H28N2O4/c1-30(2)17-24(31-23-14-7-10-19-9-3-4-11-20(19)23)27(26(34)18-30)25(33)15-8-16-32-28(35)21-12-5-6-13-22(21)29(32)36/h3-7,9-14,33H,8,15-18H2,1-2H3/b27-25+,31-24?. The monoisotopic (exact) mass is 480 g/mol. The highest BCUT2D eigenvalue weighted by Crippen LogP contribution is 2.38. The van der Waals surface area contributed by atoms with Gasteiger partial charge in [-0.2, -0.15) is 0 Å². The van der Waals surface area contributed by atoms with E-state index in [1.54, 1.807) is 24.3 Å². The number of allylic oxidation sites excluding steroid dienone is 2. The first-order chi connectivity index (χ1) is 17.2. The summed E-state index contributed by atoms with van der Waals surface area (Å²) < 4.78 is 0. The van der Waals surface area contributed by atoms with Crippen molar-refractivity contribution in [3.63, 3.8) is 0 Å². The van der Waals surface area contributed by atoms with Crippen molar-refractivity contribution in [2.24, 2.45) is 10.4 Å². The van der Waals surface area contributed by atoms with Crippen LogP contribution in [-0.4, -0.2) is 39.9 Å². The van der Waals surface area contributed by atoms with Crippen LogP contribution in [0.25, 0.3) is 10.8 Å². The van der Waals surface area contributed by atoms with Gasteiger partial charge in [0, 0.05) is 24.8 Å². The zero-order chi connectivity index (χ0) is 25.4. The molecule has 1 aliphatic carbocycles. The number of benzene rings is 3. The number of ketones is 1. The van der Waals surface area contributed by atoms with Crippen LogP contribution in [0.3, 0.4) is 0 Å². The summed E-state index contributed by atoms with van der Waals surface area (Å²) in [5.74, 6) is -0.817. The second-order valence-electron chi connectivity index (χ2n) is 10.2. The molecule has 0 saturated heterocycles. The van der Waals surface area contributed by atoms with E-state index in [1.807, 2.05) is 56.3 Å². The molecule has 0 radical (unpaired) electrons. The average molecular weight is 481 g/mol. The van der Waals surface area contributed by atoms with Gasteiger partial charge in [0.2, 0.25) is 0 Å². The molecular formula is C30H28N2O4. The molecule has 6 nitrogen and oxygen atoms in total. The number of carbonyl (C=O) groups excluding carboxylic acids is 3. The summed E-state index contributed by atoms with van der Waals surface area (Å²) >= 11 is 0. The van der Waals surface area contributed by atoms with E-state index in [9.17, 15) is 19.5 Å². The molecule has 1 heterocycles. The number of nitrogens with zero attached hydrogens (tertiary/aromatic N) is 2. The molecule has 1 saturated carbocycles. The Bertz CT molecular complexity index is 1420. The maximum Gasteiger partial charge on any atom is 0.261 e. The Balaban J connectivity index is 1.41. The van der Waals surface area contributed by atoms with Crippen LogP contribution in [0.4, 0.5) is 5.69 Å². The number of rotatable bonds is 5. The minimum Gasteiger partial charge on any atom is -0.511 e. The number of fused-ring (bicyclic) bond motifs is 2. The van der Waals surface area contributed by atoms with Crippen LogP contribution in [0, 0.1) is 5.41 Å². The van der Waals surface area contributed by atoms with Crippen molar-refractivity contribution >= 4 is 39.8 Å². The zero-order valence-corrected chi connectivity index (χ0v) is 20.5. The first-order valence-corrected chi connectivity index (χ1v) is 12.2. The highest BCUT2D eigenvalue weighted by atomic mass is 16.3. The molecule has 182 valence electrons. The minimum atomic E-state index is -0.323. The smallest absolute Gasteiger partial charge is 0.261 e. The number of hydrogen-bond donors (Lipinski definition) is 1. The third kappa shape index (κ3) is 4.35. The van der Waals surface area contributed by atoms with Crippen LogP contribution in [-0.2, 0) is 4.79 Å². The number of aliphatic hydroxyl groups is 1. The van der Waals surface area contributed by atoms with Crippen molar-refractivity contribution in [2.45, 2.75) is 39.5 Å². The lowest BCUT2D eigenvalue weighted by atomic mass is 9.73. The van der Waals surface area contributed by atoms with Crippen LogP contribution < -0.4 is 0 Å². The largest absolute Gasteiger partial charge is 0.511 e. The van der Waals surface area contributed by atoms with Gasteiger partial charge in [0.15, 0.2) is 5.78 Å². The van der Waals surface area contributed by atoms with Crippen molar-refractivity contribution in [1.82, 2.24) is 4.90 Å². The second-order valence-corrected chi connectivity index (χ2v) is 10.2. The fourth-order valence-electron chi connectivity index (χ4n) is 5.13. The van der Waals surface area contributed by atoms with E-state index in [0.29, 0.717) is 36.1 Å². The maximum absolute atomic E-state index is 13.2. The molecule has 3 aromatic carbocycles. The highest BCUT2D eigenvalue weighted by Gasteiger charge is 2.37. The van der Waals surface area contributed by atoms with Gasteiger partial charge in [0.25, 0.3) is 11.8 Å². The number of aliphatic hydroxyl groups excluding tert-OH is 1. The van der Waals surface area contributed by atoms with Crippen molar-refractivity contribution in [3.05, 3.63) is 89.2 Å². The predicted octanol–water partition coefficient (Wildman–Crippen LogP) is 6.19. The van der Waals surface area contributed by atoms with Crippen LogP contribution in [0.1, 0.15) is 60.2 Å². The Kier molecular flexibility index (Phi) is 6.04. The first kappa shape index (κ1) is 23.7. The predicted molar refractivity (Wildman–Crippen MR) is 140 cm³/mol. The molecule has 0 bridgehead atoms.